The molecule has 0 unspecified atom stereocenters. The predicted octanol–water partition coefficient (Wildman–Crippen LogP) is -1.27. The van der Waals surface area contributed by atoms with E-state index in [1.54, 1.807) is 0 Å². The number of phosphoric ester groups is 2. The van der Waals surface area contributed by atoms with E-state index in [9.17, 15) is 13.9 Å². The highest BCUT2D eigenvalue weighted by molar-refractivity contribution is 7.47. The molecule has 0 rings (SSSR count). The Kier molecular flexibility index (Phi) is 4.21. The fourth-order valence-electron chi connectivity index (χ4n) is 0.296. The van der Waals surface area contributed by atoms with Gasteiger partial charge in [0.2, 0.25) is 0 Å². The van der Waals surface area contributed by atoms with Crippen molar-refractivity contribution in [3.8, 4) is 0 Å². The Morgan fingerprint density at radius 2 is 1.54 bits per heavy atom. The Morgan fingerprint density at radius 3 is 1.85 bits per heavy atom. The van der Waals surface area contributed by atoms with E-state index in [2.05, 4.69) is 9.05 Å². The van der Waals surface area contributed by atoms with E-state index in [0.717, 1.165) is 0 Å². The van der Waals surface area contributed by atoms with E-state index in [0.29, 0.717) is 0 Å². The summed E-state index contributed by atoms with van der Waals surface area (Å²) in [6.45, 7) is -1.24. The molecule has 0 heterocycles. The molecule has 0 spiro atoms. The fourth-order valence-corrected chi connectivity index (χ4v) is 0.887. The molecular weight excluding hydrogens is 230 g/mol. The Balaban J connectivity index is 3.92. The summed E-state index contributed by atoms with van der Waals surface area (Å²) < 4.78 is 26.9. The molecule has 0 aliphatic heterocycles. The minimum Gasteiger partial charge on any atom is -0.369 e. The summed E-state index contributed by atoms with van der Waals surface area (Å²) in [5.41, 5.74) is 0. The molecule has 0 aromatic rings. The molecule has 0 amide bonds. The minimum atomic E-state index is -4.99. The van der Waals surface area contributed by atoms with Crippen LogP contribution in [0.1, 0.15) is 0 Å². The maximum absolute atomic E-state index is 10.3. The quantitative estimate of drug-likeness (QED) is 0.438. The van der Waals surface area contributed by atoms with Crippen molar-refractivity contribution >= 4 is 21.6 Å². The summed E-state index contributed by atoms with van der Waals surface area (Å²) in [5, 5.41) is 0. The summed E-state index contributed by atoms with van der Waals surface area (Å²) in [7, 11) is -9.83. The first-order chi connectivity index (χ1) is 5.60. The number of carbonyl (C=O) groups is 1. The highest BCUT2D eigenvalue weighted by Crippen LogP contribution is 2.38. The van der Waals surface area contributed by atoms with Gasteiger partial charge in [-0.05, 0) is 0 Å². The lowest BCUT2D eigenvalue weighted by Gasteiger charge is -2.06. The van der Waals surface area contributed by atoms with Crippen molar-refractivity contribution in [1.29, 1.82) is 0 Å². The third kappa shape index (κ3) is 9.65. The molecule has 0 aliphatic carbocycles. The molecule has 13 heavy (non-hydrogen) atoms. The first-order valence-electron chi connectivity index (χ1n) is 2.58. The van der Waals surface area contributed by atoms with Crippen LogP contribution in [0.25, 0.3) is 0 Å². The van der Waals surface area contributed by atoms with Crippen LogP contribution in [0.2, 0.25) is 0 Å². The molecule has 4 N–H and O–H groups in total. The second-order valence-electron chi connectivity index (χ2n) is 1.72. The Bertz CT molecular complexity index is 269. The molecule has 11 heteroatoms. The lowest BCUT2D eigenvalue weighted by atomic mass is 10.8. The summed E-state index contributed by atoms with van der Waals surface area (Å²) >= 11 is 0. The van der Waals surface area contributed by atoms with Crippen molar-refractivity contribution in [2.45, 2.75) is 0 Å². The summed E-state index contributed by atoms with van der Waals surface area (Å²) in [6.07, 6.45) is 0. The standard InChI is InChI=1S/C2H6O9P2/c3-2(11-13(7,8)9)1-10-12(4,5)6/h1H2,(H2,4,5,6)(H2,7,8,9). The third-order valence-corrected chi connectivity index (χ3v) is 1.48. The molecular formula is C2H6O9P2. The van der Waals surface area contributed by atoms with E-state index in [4.69, 9.17) is 19.6 Å². The van der Waals surface area contributed by atoms with E-state index >= 15 is 0 Å². The van der Waals surface area contributed by atoms with Gasteiger partial charge in [0, 0.05) is 0 Å². The van der Waals surface area contributed by atoms with Gasteiger partial charge in [-0.15, -0.1) is 0 Å². The lowest BCUT2D eigenvalue weighted by Crippen LogP contribution is -2.10. The molecule has 0 aliphatic rings. The van der Waals surface area contributed by atoms with Gasteiger partial charge in [0.25, 0.3) is 0 Å². The third-order valence-electron chi connectivity index (χ3n) is 0.571. The van der Waals surface area contributed by atoms with Gasteiger partial charge in [0.1, 0.15) is 0 Å². The van der Waals surface area contributed by atoms with Crippen molar-refractivity contribution in [3.63, 3.8) is 0 Å². The van der Waals surface area contributed by atoms with Crippen LogP contribution in [0.3, 0.4) is 0 Å². The second-order valence-corrected chi connectivity index (χ2v) is 4.12. The zero-order valence-corrected chi connectivity index (χ0v) is 7.72. The number of hydrogen-bond acceptors (Lipinski definition) is 5. The van der Waals surface area contributed by atoms with Crippen LogP contribution in [0, 0.1) is 0 Å². The molecule has 0 aromatic heterocycles. The summed E-state index contributed by atoms with van der Waals surface area (Å²) in [4.78, 5) is 42.5. The van der Waals surface area contributed by atoms with Gasteiger partial charge < -0.3 is 14.3 Å². The predicted molar refractivity (Wildman–Crippen MR) is 36.1 cm³/mol. The second kappa shape index (κ2) is 4.30. The molecule has 0 radical (unpaired) electrons. The minimum absolute atomic E-state index is 1.24. The van der Waals surface area contributed by atoms with Crippen molar-refractivity contribution in [2.75, 3.05) is 6.61 Å². The van der Waals surface area contributed by atoms with Crippen molar-refractivity contribution in [1.82, 2.24) is 0 Å². The monoisotopic (exact) mass is 236 g/mol. The average Bonchev–Trinajstić information content (AvgIpc) is 1.78. The van der Waals surface area contributed by atoms with Crippen LogP contribution in [0.4, 0.5) is 0 Å². The van der Waals surface area contributed by atoms with Gasteiger partial charge in [-0.2, -0.15) is 0 Å². The number of phosphoric acid groups is 2. The largest absolute Gasteiger partial charge is 0.527 e. The molecule has 78 valence electrons. The number of rotatable bonds is 4. The van der Waals surface area contributed by atoms with Crippen LogP contribution >= 0.6 is 15.6 Å². The highest BCUT2D eigenvalue weighted by atomic mass is 31.2. The molecule has 0 fully saturated rings. The number of hydrogen-bond donors (Lipinski definition) is 4. The van der Waals surface area contributed by atoms with Crippen LogP contribution in [0.15, 0.2) is 0 Å². The zero-order valence-electron chi connectivity index (χ0n) is 5.93. The maximum atomic E-state index is 10.3. The van der Waals surface area contributed by atoms with Crippen LogP contribution in [-0.4, -0.2) is 32.1 Å². The zero-order chi connectivity index (χ0) is 10.7. The lowest BCUT2D eigenvalue weighted by molar-refractivity contribution is -0.138. The van der Waals surface area contributed by atoms with E-state index in [1.165, 1.54) is 0 Å². The topological polar surface area (TPSA) is 151 Å². The summed E-state index contributed by atoms with van der Waals surface area (Å²) in [6, 6.07) is 0. The molecule has 0 saturated heterocycles. The average molecular weight is 236 g/mol. The normalized spacial score (nSPS) is 12.6. The summed E-state index contributed by atoms with van der Waals surface area (Å²) in [5.74, 6) is -1.57. The first-order valence-corrected chi connectivity index (χ1v) is 5.64. The van der Waals surface area contributed by atoms with E-state index in [-0.39, 0.29) is 0 Å². The smallest absolute Gasteiger partial charge is 0.369 e. The number of carbonyl (C=O) groups excluding carboxylic acids is 1. The van der Waals surface area contributed by atoms with E-state index in [1.807, 2.05) is 0 Å². The SMILES string of the molecule is O=C(COP(=O)(O)O)OP(=O)(O)O. The molecule has 0 bridgehead atoms. The molecule has 9 nitrogen and oxygen atoms in total. The van der Waals surface area contributed by atoms with Crippen molar-refractivity contribution in [3.05, 3.63) is 0 Å². The van der Waals surface area contributed by atoms with Gasteiger partial charge in [-0.3, -0.25) is 14.3 Å². The molecule has 0 atom stereocenters. The van der Waals surface area contributed by atoms with Crippen molar-refractivity contribution in [2.24, 2.45) is 0 Å². The first kappa shape index (κ1) is 12.7. The Labute approximate surface area is 71.8 Å². The highest BCUT2D eigenvalue weighted by Gasteiger charge is 2.23. The van der Waals surface area contributed by atoms with Crippen LogP contribution in [-0.2, 0) is 23.0 Å². The maximum Gasteiger partial charge on any atom is 0.527 e. The van der Waals surface area contributed by atoms with Gasteiger partial charge >= 0.3 is 21.6 Å². The van der Waals surface area contributed by atoms with Crippen LogP contribution < -0.4 is 0 Å². The van der Waals surface area contributed by atoms with Crippen molar-refractivity contribution < 1.29 is 42.5 Å². The van der Waals surface area contributed by atoms with Gasteiger partial charge in [0.05, 0.1) is 0 Å². The Hall–Kier alpha value is -0.270. The molecule has 0 saturated carbocycles. The van der Waals surface area contributed by atoms with Gasteiger partial charge in [0.15, 0.2) is 6.61 Å². The van der Waals surface area contributed by atoms with Crippen LogP contribution in [0.5, 0.6) is 0 Å². The Morgan fingerprint density at radius 1 is 1.08 bits per heavy atom. The van der Waals surface area contributed by atoms with E-state index < -0.39 is 28.2 Å². The fraction of sp³-hybridized carbons (Fsp3) is 0.500. The van der Waals surface area contributed by atoms with Gasteiger partial charge in [-0.1, -0.05) is 0 Å². The van der Waals surface area contributed by atoms with Gasteiger partial charge in [-0.25, -0.2) is 13.9 Å². The molecule has 0 aromatic carbocycles.